The van der Waals surface area contributed by atoms with E-state index in [0.29, 0.717) is 23.6 Å². The maximum absolute atomic E-state index is 12.2. The Kier molecular flexibility index (Phi) is 6.32. The normalized spacial score (nSPS) is 12.1. The van der Waals surface area contributed by atoms with Crippen LogP contribution in [-0.2, 0) is 22.6 Å². The molecule has 29 heavy (non-hydrogen) atoms. The Morgan fingerprint density at radius 2 is 1.83 bits per heavy atom. The molecule has 0 bridgehead atoms. The van der Waals surface area contributed by atoms with Crippen LogP contribution < -0.4 is 20.1 Å². The van der Waals surface area contributed by atoms with Gasteiger partial charge in [0, 0.05) is 19.3 Å². The Bertz CT molecular complexity index is 977. The van der Waals surface area contributed by atoms with E-state index in [4.69, 9.17) is 9.47 Å². The molecule has 1 heterocycles. The topological polar surface area (TPSA) is 110 Å². The number of nitriles is 1. The fourth-order valence-corrected chi connectivity index (χ4v) is 2.62. The van der Waals surface area contributed by atoms with E-state index < -0.39 is 11.9 Å². The lowest BCUT2D eigenvalue weighted by molar-refractivity contribution is -0.117. The minimum absolute atomic E-state index is 0.0445. The van der Waals surface area contributed by atoms with E-state index in [0.717, 1.165) is 11.1 Å². The van der Waals surface area contributed by atoms with Gasteiger partial charge in [0.1, 0.15) is 11.6 Å². The van der Waals surface area contributed by atoms with Gasteiger partial charge in [0.25, 0.3) is 5.91 Å². The van der Waals surface area contributed by atoms with Crippen LogP contribution in [0.3, 0.4) is 0 Å². The van der Waals surface area contributed by atoms with Crippen molar-refractivity contribution in [3.05, 3.63) is 70.9 Å². The summed E-state index contributed by atoms with van der Waals surface area (Å²) < 4.78 is 15.2. The smallest absolute Gasteiger partial charge is 0.337 e. The lowest BCUT2D eigenvalue weighted by atomic mass is 10.1. The number of nitrogens with one attached hydrogen (secondary N) is 2. The molecule has 0 saturated heterocycles. The van der Waals surface area contributed by atoms with Crippen LogP contribution in [0.2, 0.25) is 0 Å². The summed E-state index contributed by atoms with van der Waals surface area (Å²) in [6, 6.07) is 14.1. The maximum Gasteiger partial charge on any atom is 0.337 e. The largest absolute Gasteiger partial charge is 0.465 e. The molecule has 148 valence electrons. The summed E-state index contributed by atoms with van der Waals surface area (Å²) in [4.78, 5) is 23.6. The Balaban J connectivity index is 1.52. The van der Waals surface area contributed by atoms with Gasteiger partial charge in [-0.15, -0.1) is 0 Å². The van der Waals surface area contributed by atoms with Crippen LogP contribution in [-0.4, -0.2) is 25.8 Å². The van der Waals surface area contributed by atoms with Gasteiger partial charge in [0.2, 0.25) is 6.79 Å². The first kappa shape index (κ1) is 19.8. The van der Waals surface area contributed by atoms with E-state index in [2.05, 4.69) is 15.4 Å². The van der Waals surface area contributed by atoms with Crippen molar-refractivity contribution in [1.82, 2.24) is 10.6 Å². The average molecular weight is 393 g/mol. The summed E-state index contributed by atoms with van der Waals surface area (Å²) in [5.41, 5.74) is 2.12. The first-order valence-corrected chi connectivity index (χ1v) is 8.78. The minimum atomic E-state index is -0.487. The highest BCUT2D eigenvalue weighted by Gasteiger charge is 2.14. The van der Waals surface area contributed by atoms with Gasteiger partial charge in [-0.25, -0.2) is 4.79 Å². The number of hydrogen-bond acceptors (Lipinski definition) is 7. The number of fused-ring (bicyclic) bond motifs is 1. The molecule has 0 fully saturated rings. The summed E-state index contributed by atoms with van der Waals surface area (Å²) >= 11 is 0. The summed E-state index contributed by atoms with van der Waals surface area (Å²) in [5, 5.41) is 14.9. The number of carbonyl (C=O) groups is 2. The molecule has 0 spiro atoms. The number of nitrogens with zero attached hydrogens (tertiary/aromatic N) is 1. The van der Waals surface area contributed by atoms with Crippen molar-refractivity contribution >= 4 is 11.9 Å². The van der Waals surface area contributed by atoms with E-state index in [1.54, 1.807) is 36.4 Å². The molecule has 0 aromatic heterocycles. The summed E-state index contributed by atoms with van der Waals surface area (Å²) in [6.07, 6.45) is 1.36. The lowest BCUT2D eigenvalue weighted by Crippen LogP contribution is -2.25. The Morgan fingerprint density at radius 1 is 1.10 bits per heavy atom. The van der Waals surface area contributed by atoms with Crippen LogP contribution in [0.5, 0.6) is 11.5 Å². The molecule has 2 aromatic carbocycles. The lowest BCUT2D eigenvalue weighted by Gasteiger charge is -2.07. The molecule has 8 heteroatoms. The highest BCUT2D eigenvalue weighted by atomic mass is 16.7. The number of benzene rings is 2. The monoisotopic (exact) mass is 393 g/mol. The van der Waals surface area contributed by atoms with Crippen molar-refractivity contribution in [2.75, 3.05) is 13.9 Å². The Morgan fingerprint density at radius 3 is 2.55 bits per heavy atom. The maximum atomic E-state index is 12.2. The highest BCUT2D eigenvalue weighted by Crippen LogP contribution is 2.32. The Labute approximate surface area is 167 Å². The zero-order chi connectivity index (χ0) is 20.6. The molecule has 8 nitrogen and oxygen atoms in total. The van der Waals surface area contributed by atoms with E-state index in [1.807, 2.05) is 12.1 Å². The zero-order valence-electron chi connectivity index (χ0n) is 15.7. The number of hydrogen-bond donors (Lipinski definition) is 2. The third-order valence-corrected chi connectivity index (χ3v) is 4.18. The molecule has 1 aliphatic heterocycles. The molecule has 0 saturated carbocycles. The fraction of sp³-hybridized carbons (Fsp3) is 0.190. The Hall–Kier alpha value is -3.99. The second-order valence-electron chi connectivity index (χ2n) is 6.11. The van der Waals surface area contributed by atoms with Crippen LogP contribution in [0, 0.1) is 11.3 Å². The second-order valence-corrected chi connectivity index (χ2v) is 6.11. The van der Waals surface area contributed by atoms with Crippen LogP contribution in [0.25, 0.3) is 0 Å². The van der Waals surface area contributed by atoms with Crippen LogP contribution in [0.1, 0.15) is 21.5 Å². The SMILES string of the molecule is COC(=O)c1ccc(CN/C=C(/C#N)C(=O)NCc2ccc3c(c2)OCO3)cc1. The van der Waals surface area contributed by atoms with Crippen molar-refractivity contribution in [2.45, 2.75) is 13.1 Å². The molecule has 0 unspecified atom stereocenters. The minimum Gasteiger partial charge on any atom is -0.465 e. The van der Waals surface area contributed by atoms with E-state index in [9.17, 15) is 14.9 Å². The number of ether oxygens (including phenoxy) is 3. The molecule has 2 N–H and O–H groups in total. The predicted octanol–water partition coefficient (Wildman–Crippen LogP) is 2.02. The van der Waals surface area contributed by atoms with Gasteiger partial charge in [0.05, 0.1) is 12.7 Å². The molecule has 2 aromatic rings. The van der Waals surface area contributed by atoms with E-state index >= 15 is 0 Å². The summed E-state index contributed by atoms with van der Waals surface area (Å²) in [6.45, 7) is 0.828. The third-order valence-electron chi connectivity index (χ3n) is 4.18. The van der Waals surface area contributed by atoms with Gasteiger partial charge in [-0.1, -0.05) is 18.2 Å². The van der Waals surface area contributed by atoms with E-state index in [-0.39, 0.29) is 18.9 Å². The van der Waals surface area contributed by atoms with Crippen molar-refractivity contribution in [1.29, 1.82) is 5.26 Å². The number of carbonyl (C=O) groups excluding carboxylic acids is 2. The van der Waals surface area contributed by atoms with Gasteiger partial charge >= 0.3 is 5.97 Å². The van der Waals surface area contributed by atoms with Gasteiger partial charge in [0.15, 0.2) is 11.5 Å². The quantitative estimate of drug-likeness (QED) is 0.421. The first-order chi connectivity index (χ1) is 14.1. The van der Waals surface area contributed by atoms with Crippen molar-refractivity contribution in [3.63, 3.8) is 0 Å². The molecule has 0 radical (unpaired) electrons. The van der Waals surface area contributed by atoms with Gasteiger partial charge < -0.3 is 24.8 Å². The zero-order valence-corrected chi connectivity index (χ0v) is 15.7. The third kappa shape index (κ3) is 5.05. The number of rotatable bonds is 7. The van der Waals surface area contributed by atoms with Gasteiger partial charge in [-0.05, 0) is 35.4 Å². The number of amides is 1. The molecular formula is C21H19N3O5. The molecule has 0 atom stereocenters. The summed E-state index contributed by atoms with van der Waals surface area (Å²) in [7, 11) is 1.32. The molecule has 0 aliphatic carbocycles. The molecule has 3 rings (SSSR count). The van der Waals surface area contributed by atoms with Gasteiger partial charge in [-0.2, -0.15) is 5.26 Å². The predicted molar refractivity (Wildman–Crippen MR) is 103 cm³/mol. The van der Waals surface area contributed by atoms with Crippen LogP contribution >= 0.6 is 0 Å². The van der Waals surface area contributed by atoms with Gasteiger partial charge in [-0.3, -0.25) is 4.79 Å². The molecule has 1 amide bonds. The fourth-order valence-electron chi connectivity index (χ4n) is 2.62. The standard InChI is InChI=1S/C21H19N3O5/c1-27-21(26)16-5-2-14(3-6-16)10-23-12-17(9-22)20(25)24-11-15-4-7-18-19(8-15)29-13-28-18/h2-8,12,23H,10-11,13H2,1H3,(H,24,25)/b17-12-. The molecular weight excluding hydrogens is 374 g/mol. The van der Waals surface area contributed by atoms with Crippen molar-refractivity contribution in [2.24, 2.45) is 0 Å². The van der Waals surface area contributed by atoms with Crippen molar-refractivity contribution < 1.29 is 23.8 Å². The van der Waals surface area contributed by atoms with E-state index in [1.165, 1.54) is 13.3 Å². The van der Waals surface area contributed by atoms with Crippen LogP contribution in [0.4, 0.5) is 0 Å². The highest BCUT2D eigenvalue weighted by molar-refractivity contribution is 5.97. The number of esters is 1. The number of methoxy groups -OCH3 is 1. The second kappa shape index (κ2) is 9.28. The summed E-state index contributed by atoms with van der Waals surface area (Å²) in [5.74, 6) is 0.406. The first-order valence-electron chi connectivity index (χ1n) is 8.78. The van der Waals surface area contributed by atoms with Crippen molar-refractivity contribution in [3.8, 4) is 17.6 Å². The average Bonchev–Trinajstić information content (AvgIpc) is 3.23. The van der Waals surface area contributed by atoms with Crippen LogP contribution in [0.15, 0.2) is 54.2 Å². The molecule has 1 aliphatic rings.